The standard InChI is InChI=1S/C19H25NO2/c1-14(2)18-9-4-15(3)12-19(18)22-11-10-21-17-7-5-16(13-20)6-8-17/h4-9,12,14H,10-11,13,20H2,1-3H3. The summed E-state index contributed by atoms with van der Waals surface area (Å²) in [6.07, 6.45) is 0. The fourth-order valence-corrected chi connectivity index (χ4v) is 2.28. The van der Waals surface area contributed by atoms with Gasteiger partial charge in [-0.25, -0.2) is 0 Å². The summed E-state index contributed by atoms with van der Waals surface area (Å²) >= 11 is 0. The molecule has 118 valence electrons. The Morgan fingerprint density at radius 3 is 2.27 bits per heavy atom. The van der Waals surface area contributed by atoms with Gasteiger partial charge in [0.1, 0.15) is 24.7 Å². The van der Waals surface area contributed by atoms with Gasteiger partial charge >= 0.3 is 0 Å². The Kier molecular flexibility index (Phi) is 5.84. The minimum absolute atomic E-state index is 0.445. The first-order chi connectivity index (χ1) is 10.6. The first kappa shape index (κ1) is 16.4. The van der Waals surface area contributed by atoms with E-state index in [1.54, 1.807) is 0 Å². The zero-order valence-corrected chi connectivity index (χ0v) is 13.6. The number of aryl methyl sites for hydroxylation is 1. The molecule has 0 aromatic heterocycles. The summed E-state index contributed by atoms with van der Waals surface area (Å²) in [5, 5.41) is 0. The van der Waals surface area contributed by atoms with E-state index in [2.05, 4.69) is 39.0 Å². The van der Waals surface area contributed by atoms with Gasteiger partial charge in [0.25, 0.3) is 0 Å². The van der Waals surface area contributed by atoms with E-state index in [-0.39, 0.29) is 0 Å². The zero-order valence-electron chi connectivity index (χ0n) is 13.6. The van der Waals surface area contributed by atoms with E-state index in [1.807, 2.05) is 24.3 Å². The van der Waals surface area contributed by atoms with Crippen molar-refractivity contribution in [1.29, 1.82) is 0 Å². The Morgan fingerprint density at radius 2 is 1.64 bits per heavy atom. The van der Waals surface area contributed by atoms with E-state index in [4.69, 9.17) is 15.2 Å². The van der Waals surface area contributed by atoms with Gasteiger partial charge in [-0.1, -0.05) is 38.1 Å². The summed E-state index contributed by atoms with van der Waals surface area (Å²) in [5.41, 5.74) is 9.12. The molecule has 2 N–H and O–H groups in total. The van der Waals surface area contributed by atoms with Gasteiger partial charge < -0.3 is 15.2 Å². The second-order valence-corrected chi connectivity index (χ2v) is 5.74. The van der Waals surface area contributed by atoms with Gasteiger partial charge in [-0.15, -0.1) is 0 Å². The Hall–Kier alpha value is -2.00. The van der Waals surface area contributed by atoms with E-state index < -0.39 is 0 Å². The molecule has 0 atom stereocenters. The SMILES string of the molecule is Cc1ccc(C(C)C)c(OCCOc2ccc(CN)cc2)c1. The van der Waals surface area contributed by atoms with E-state index in [9.17, 15) is 0 Å². The second-order valence-electron chi connectivity index (χ2n) is 5.74. The lowest BCUT2D eigenvalue weighted by Gasteiger charge is -2.15. The lowest BCUT2D eigenvalue weighted by molar-refractivity contribution is 0.215. The van der Waals surface area contributed by atoms with Crippen LogP contribution < -0.4 is 15.2 Å². The maximum absolute atomic E-state index is 5.90. The van der Waals surface area contributed by atoms with Gasteiger partial charge in [-0.2, -0.15) is 0 Å². The predicted molar refractivity (Wildman–Crippen MR) is 90.6 cm³/mol. The topological polar surface area (TPSA) is 44.5 Å². The van der Waals surface area contributed by atoms with Crippen LogP contribution in [0.3, 0.4) is 0 Å². The van der Waals surface area contributed by atoms with Crippen molar-refractivity contribution in [2.75, 3.05) is 13.2 Å². The lowest BCUT2D eigenvalue weighted by atomic mass is 10.0. The number of rotatable bonds is 7. The van der Waals surface area contributed by atoms with Gasteiger partial charge in [0.2, 0.25) is 0 Å². The van der Waals surface area contributed by atoms with Crippen molar-refractivity contribution < 1.29 is 9.47 Å². The summed E-state index contributed by atoms with van der Waals surface area (Å²) in [5.74, 6) is 2.24. The van der Waals surface area contributed by atoms with Crippen molar-refractivity contribution in [3.63, 3.8) is 0 Å². The van der Waals surface area contributed by atoms with Crippen LogP contribution >= 0.6 is 0 Å². The van der Waals surface area contributed by atoms with Gasteiger partial charge in [-0.3, -0.25) is 0 Å². The first-order valence-electron chi connectivity index (χ1n) is 7.75. The van der Waals surface area contributed by atoms with Crippen LogP contribution in [-0.2, 0) is 6.54 Å². The molecule has 0 heterocycles. The highest BCUT2D eigenvalue weighted by atomic mass is 16.5. The van der Waals surface area contributed by atoms with Crippen molar-refractivity contribution in [1.82, 2.24) is 0 Å². The first-order valence-corrected chi connectivity index (χ1v) is 7.75. The van der Waals surface area contributed by atoms with Crippen molar-refractivity contribution >= 4 is 0 Å². The molecule has 0 saturated heterocycles. The molecule has 0 radical (unpaired) electrons. The van der Waals surface area contributed by atoms with Crippen LogP contribution in [0, 0.1) is 6.92 Å². The van der Waals surface area contributed by atoms with Gasteiger partial charge in [0.15, 0.2) is 0 Å². The molecule has 0 aliphatic heterocycles. The molecule has 2 rings (SSSR count). The smallest absolute Gasteiger partial charge is 0.123 e. The number of nitrogens with two attached hydrogens (primary N) is 1. The van der Waals surface area contributed by atoms with Crippen LogP contribution in [0.2, 0.25) is 0 Å². The number of hydrogen-bond donors (Lipinski definition) is 1. The third-order valence-corrected chi connectivity index (χ3v) is 3.56. The Bertz CT molecular complexity index is 591. The molecule has 0 fully saturated rings. The van der Waals surface area contributed by atoms with E-state index in [0.29, 0.717) is 25.7 Å². The summed E-state index contributed by atoms with van der Waals surface area (Å²) in [4.78, 5) is 0. The van der Waals surface area contributed by atoms with Crippen LogP contribution in [0.5, 0.6) is 11.5 Å². The average molecular weight is 299 g/mol. The van der Waals surface area contributed by atoms with Crippen LogP contribution in [0.15, 0.2) is 42.5 Å². The van der Waals surface area contributed by atoms with Crippen LogP contribution in [-0.4, -0.2) is 13.2 Å². The summed E-state index contributed by atoms with van der Waals surface area (Å²) < 4.78 is 11.6. The molecule has 2 aromatic rings. The van der Waals surface area contributed by atoms with Crippen molar-refractivity contribution in [3.8, 4) is 11.5 Å². The van der Waals surface area contributed by atoms with Gasteiger partial charge in [-0.05, 0) is 47.7 Å². The quantitative estimate of drug-likeness (QED) is 0.785. The molecule has 3 nitrogen and oxygen atoms in total. The minimum Gasteiger partial charge on any atom is -0.490 e. The fourth-order valence-electron chi connectivity index (χ4n) is 2.28. The fraction of sp³-hybridized carbons (Fsp3) is 0.368. The largest absolute Gasteiger partial charge is 0.490 e. The Balaban J connectivity index is 1.87. The zero-order chi connectivity index (χ0) is 15.9. The Labute approximate surface area is 133 Å². The van der Waals surface area contributed by atoms with Crippen LogP contribution in [0.1, 0.15) is 36.5 Å². The molecular formula is C19H25NO2. The third-order valence-electron chi connectivity index (χ3n) is 3.56. The number of hydrogen-bond acceptors (Lipinski definition) is 3. The normalized spacial score (nSPS) is 10.8. The third kappa shape index (κ3) is 4.50. The van der Waals surface area contributed by atoms with Crippen LogP contribution in [0.25, 0.3) is 0 Å². The average Bonchev–Trinajstić information content (AvgIpc) is 2.52. The maximum atomic E-state index is 5.90. The van der Waals surface area contributed by atoms with Crippen molar-refractivity contribution in [2.45, 2.75) is 33.2 Å². The molecule has 0 aliphatic rings. The molecule has 0 aliphatic carbocycles. The maximum Gasteiger partial charge on any atom is 0.123 e. The lowest BCUT2D eigenvalue weighted by Crippen LogP contribution is -2.10. The summed E-state index contributed by atoms with van der Waals surface area (Å²) in [7, 11) is 0. The monoisotopic (exact) mass is 299 g/mol. The highest BCUT2D eigenvalue weighted by molar-refractivity contribution is 5.39. The second kappa shape index (κ2) is 7.85. The predicted octanol–water partition coefficient (Wildman–Crippen LogP) is 4.03. The molecule has 0 unspecified atom stereocenters. The Morgan fingerprint density at radius 1 is 0.955 bits per heavy atom. The van der Waals surface area contributed by atoms with Crippen molar-refractivity contribution in [2.24, 2.45) is 5.73 Å². The highest BCUT2D eigenvalue weighted by Gasteiger charge is 2.08. The van der Waals surface area contributed by atoms with Crippen LogP contribution in [0.4, 0.5) is 0 Å². The molecule has 3 heteroatoms. The highest BCUT2D eigenvalue weighted by Crippen LogP contribution is 2.27. The molecule has 22 heavy (non-hydrogen) atoms. The molecule has 0 bridgehead atoms. The summed E-state index contributed by atoms with van der Waals surface area (Å²) in [6, 6.07) is 14.2. The molecule has 0 spiro atoms. The minimum atomic E-state index is 0.445. The number of benzene rings is 2. The van der Waals surface area contributed by atoms with Gasteiger partial charge in [0.05, 0.1) is 0 Å². The molecule has 2 aromatic carbocycles. The van der Waals surface area contributed by atoms with E-state index in [0.717, 1.165) is 17.1 Å². The molecule has 0 amide bonds. The van der Waals surface area contributed by atoms with E-state index >= 15 is 0 Å². The van der Waals surface area contributed by atoms with E-state index in [1.165, 1.54) is 11.1 Å². The molecule has 0 saturated carbocycles. The van der Waals surface area contributed by atoms with Gasteiger partial charge in [0, 0.05) is 6.54 Å². The van der Waals surface area contributed by atoms with Crippen molar-refractivity contribution in [3.05, 3.63) is 59.2 Å². The summed E-state index contributed by atoms with van der Waals surface area (Å²) in [6.45, 7) is 8.02. The number of ether oxygens (including phenoxy) is 2. The molecular weight excluding hydrogens is 274 g/mol.